The highest BCUT2D eigenvalue weighted by molar-refractivity contribution is 5.92. The Labute approximate surface area is 156 Å². The fourth-order valence-electron chi connectivity index (χ4n) is 2.59. The summed E-state index contributed by atoms with van der Waals surface area (Å²) in [5, 5.41) is 5.45. The summed E-state index contributed by atoms with van der Waals surface area (Å²) in [5.41, 5.74) is 1.60. The van der Waals surface area contributed by atoms with Gasteiger partial charge in [-0.25, -0.2) is 13.8 Å². The first-order valence-corrected chi connectivity index (χ1v) is 8.63. The Morgan fingerprint density at radius 3 is 2.33 bits per heavy atom. The minimum atomic E-state index is -0.699. The smallest absolute Gasteiger partial charge is 0.269 e. The van der Waals surface area contributed by atoms with Crippen molar-refractivity contribution in [3.8, 4) is 0 Å². The summed E-state index contributed by atoms with van der Waals surface area (Å²) in [6, 6.07) is 16.7. The zero-order valence-corrected chi connectivity index (χ0v) is 14.6. The van der Waals surface area contributed by atoms with Gasteiger partial charge in [0, 0.05) is 6.54 Å². The summed E-state index contributed by atoms with van der Waals surface area (Å²) in [7, 11) is 0. The number of hydrogen-bond acceptors (Lipinski definition) is 3. The molecular weight excluding hydrogens is 348 g/mol. The molecule has 0 saturated carbocycles. The van der Waals surface area contributed by atoms with E-state index < -0.39 is 11.6 Å². The molecule has 27 heavy (non-hydrogen) atoms. The molecule has 0 bridgehead atoms. The van der Waals surface area contributed by atoms with E-state index in [4.69, 9.17) is 0 Å². The molecule has 138 valence electrons. The Morgan fingerprint density at radius 2 is 1.67 bits per heavy atom. The number of rotatable bonds is 7. The number of carbonyl (C=O) groups excluding carboxylic acids is 1. The van der Waals surface area contributed by atoms with Gasteiger partial charge in [-0.3, -0.25) is 4.79 Å². The number of halogens is 2. The maximum absolute atomic E-state index is 13.7. The van der Waals surface area contributed by atoms with Crippen molar-refractivity contribution in [2.75, 3.05) is 11.9 Å². The van der Waals surface area contributed by atoms with Gasteiger partial charge >= 0.3 is 0 Å². The highest BCUT2D eigenvalue weighted by Gasteiger charge is 2.10. The number of carbonyl (C=O) groups is 1. The van der Waals surface area contributed by atoms with E-state index in [1.165, 1.54) is 23.9 Å². The molecule has 0 unspecified atom stereocenters. The van der Waals surface area contributed by atoms with Crippen molar-refractivity contribution in [3.63, 3.8) is 0 Å². The van der Waals surface area contributed by atoms with Crippen molar-refractivity contribution < 1.29 is 13.6 Å². The van der Waals surface area contributed by atoms with Crippen molar-refractivity contribution in [2.24, 2.45) is 0 Å². The lowest BCUT2D eigenvalue weighted by molar-refractivity contribution is 0.0948. The number of aryl methyl sites for hydroxylation is 1. The van der Waals surface area contributed by atoms with Gasteiger partial charge in [-0.2, -0.15) is 0 Å². The van der Waals surface area contributed by atoms with Crippen LogP contribution in [0.3, 0.4) is 0 Å². The highest BCUT2D eigenvalue weighted by Crippen LogP contribution is 2.22. The van der Waals surface area contributed by atoms with E-state index in [0.717, 1.165) is 25.0 Å². The summed E-state index contributed by atoms with van der Waals surface area (Å²) in [6.45, 7) is 0.538. The highest BCUT2D eigenvalue weighted by atomic mass is 19.1. The summed E-state index contributed by atoms with van der Waals surface area (Å²) >= 11 is 0. The largest absolute Gasteiger partial charge is 0.351 e. The van der Waals surface area contributed by atoms with Gasteiger partial charge in [0.05, 0.1) is 11.9 Å². The molecule has 1 aromatic heterocycles. The van der Waals surface area contributed by atoms with Crippen LogP contribution in [-0.2, 0) is 6.42 Å². The second-order valence-electron chi connectivity index (χ2n) is 6.00. The van der Waals surface area contributed by atoms with E-state index in [1.807, 2.05) is 30.3 Å². The molecule has 1 amide bonds. The van der Waals surface area contributed by atoms with Crippen LogP contribution < -0.4 is 10.6 Å². The van der Waals surface area contributed by atoms with Gasteiger partial charge in [0.15, 0.2) is 0 Å². The molecule has 0 fully saturated rings. The Hall–Kier alpha value is -3.28. The minimum Gasteiger partial charge on any atom is -0.351 e. The van der Waals surface area contributed by atoms with Crippen molar-refractivity contribution in [3.05, 3.63) is 89.8 Å². The second kappa shape index (κ2) is 8.89. The molecule has 0 radical (unpaired) electrons. The van der Waals surface area contributed by atoms with Gasteiger partial charge in [-0.15, -0.1) is 0 Å². The van der Waals surface area contributed by atoms with Gasteiger partial charge < -0.3 is 10.6 Å². The topological polar surface area (TPSA) is 54.0 Å². The first kappa shape index (κ1) is 18.5. The Kier molecular flexibility index (Phi) is 6.10. The molecule has 0 aliphatic heterocycles. The van der Waals surface area contributed by atoms with Crippen LogP contribution in [0, 0.1) is 11.6 Å². The van der Waals surface area contributed by atoms with E-state index in [9.17, 15) is 13.6 Å². The zero-order valence-electron chi connectivity index (χ0n) is 14.6. The summed E-state index contributed by atoms with van der Waals surface area (Å²) in [6.07, 6.45) is 3.07. The third kappa shape index (κ3) is 5.10. The molecule has 4 nitrogen and oxygen atoms in total. The number of nitrogens with zero attached hydrogens (tertiary/aromatic N) is 1. The fraction of sp³-hybridized carbons (Fsp3) is 0.143. The Morgan fingerprint density at radius 1 is 0.926 bits per heavy atom. The number of nitrogens with one attached hydrogen (secondary N) is 2. The normalized spacial score (nSPS) is 10.4. The molecule has 2 N–H and O–H groups in total. The Bertz CT molecular complexity index is 879. The first-order chi connectivity index (χ1) is 13.1. The molecule has 0 saturated heterocycles. The predicted octanol–water partition coefficient (Wildman–Crippen LogP) is 4.47. The van der Waals surface area contributed by atoms with E-state index in [1.54, 1.807) is 6.07 Å². The van der Waals surface area contributed by atoms with E-state index in [-0.39, 0.29) is 17.3 Å². The number of aromatic nitrogens is 1. The van der Waals surface area contributed by atoms with Crippen LogP contribution in [0.15, 0.2) is 66.9 Å². The van der Waals surface area contributed by atoms with Gasteiger partial charge in [0.25, 0.3) is 5.91 Å². The maximum Gasteiger partial charge on any atom is 0.269 e. The molecule has 0 aliphatic rings. The maximum atomic E-state index is 13.7. The molecule has 6 heteroatoms. The number of anilines is 2. The van der Waals surface area contributed by atoms with Gasteiger partial charge in [0.2, 0.25) is 0 Å². The molecule has 1 heterocycles. The van der Waals surface area contributed by atoms with Crippen LogP contribution >= 0.6 is 0 Å². The number of hydrogen-bond donors (Lipinski definition) is 2. The number of pyridine rings is 1. The lowest BCUT2D eigenvalue weighted by atomic mass is 10.1. The molecule has 0 spiro atoms. The molecule has 0 aliphatic carbocycles. The van der Waals surface area contributed by atoms with Crippen LogP contribution in [0.1, 0.15) is 22.5 Å². The third-order valence-corrected chi connectivity index (χ3v) is 4.00. The lowest BCUT2D eigenvalue weighted by Gasteiger charge is -2.09. The summed E-state index contributed by atoms with van der Waals surface area (Å²) in [5.74, 6) is -1.68. The van der Waals surface area contributed by atoms with Crippen molar-refractivity contribution in [2.45, 2.75) is 12.8 Å². The molecular formula is C21H19F2N3O. The van der Waals surface area contributed by atoms with Crippen LogP contribution in [-0.4, -0.2) is 17.4 Å². The number of benzene rings is 2. The van der Waals surface area contributed by atoms with E-state index in [2.05, 4.69) is 15.6 Å². The Balaban J connectivity index is 1.51. The average Bonchev–Trinajstić information content (AvgIpc) is 2.69. The van der Waals surface area contributed by atoms with Crippen molar-refractivity contribution in [1.82, 2.24) is 10.3 Å². The monoisotopic (exact) mass is 367 g/mol. The van der Waals surface area contributed by atoms with Gasteiger partial charge in [0.1, 0.15) is 23.0 Å². The standard InChI is InChI=1S/C21H19F2N3O/c22-17-9-4-10-18(23)20(17)26-16-11-12-19(25-14-16)21(27)24-13-5-8-15-6-2-1-3-7-15/h1-4,6-7,9-12,14,26H,5,8,13H2,(H,24,27). The SMILES string of the molecule is O=C(NCCCc1ccccc1)c1ccc(Nc2c(F)cccc2F)cn1. The van der Waals surface area contributed by atoms with Crippen molar-refractivity contribution >= 4 is 17.3 Å². The van der Waals surface area contributed by atoms with Crippen LogP contribution in [0.5, 0.6) is 0 Å². The minimum absolute atomic E-state index is 0.245. The van der Waals surface area contributed by atoms with Crippen LogP contribution in [0.25, 0.3) is 0 Å². The first-order valence-electron chi connectivity index (χ1n) is 8.63. The van der Waals surface area contributed by atoms with Gasteiger partial charge in [-0.05, 0) is 42.7 Å². The predicted molar refractivity (Wildman–Crippen MR) is 101 cm³/mol. The van der Waals surface area contributed by atoms with Crippen LogP contribution in [0.4, 0.5) is 20.2 Å². The average molecular weight is 367 g/mol. The number of amides is 1. The van der Waals surface area contributed by atoms with E-state index in [0.29, 0.717) is 12.2 Å². The van der Waals surface area contributed by atoms with Crippen molar-refractivity contribution in [1.29, 1.82) is 0 Å². The van der Waals surface area contributed by atoms with E-state index >= 15 is 0 Å². The second-order valence-corrected chi connectivity index (χ2v) is 6.00. The third-order valence-electron chi connectivity index (χ3n) is 4.00. The van der Waals surface area contributed by atoms with Gasteiger partial charge in [-0.1, -0.05) is 36.4 Å². The molecule has 3 rings (SSSR count). The van der Waals surface area contributed by atoms with Crippen LogP contribution in [0.2, 0.25) is 0 Å². The zero-order chi connectivity index (χ0) is 19.1. The molecule has 0 atom stereocenters. The molecule has 3 aromatic rings. The summed E-state index contributed by atoms with van der Waals surface area (Å²) < 4.78 is 27.3. The quantitative estimate of drug-likeness (QED) is 0.606. The summed E-state index contributed by atoms with van der Waals surface area (Å²) in [4.78, 5) is 16.2. The number of para-hydroxylation sites is 1. The molecule has 2 aromatic carbocycles. The lowest BCUT2D eigenvalue weighted by Crippen LogP contribution is -2.25. The fourth-order valence-corrected chi connectivity index (χ4v) is 2.59.